The molecule has 4 heteroatoms. The van der Waals surface area contributed by atoms with Crippen LogP contribution in [0.15, 0.2) is 0 Å². The van der Waals surface area contributed by atoms with Crippen LogP contribution in [0.25, 0.3) is 0 Å². The third-order valence-corrected chi connectivity index (χ3v) is 7.49. The molecule has 152 valence electrons. The summed E-state index contributed by atoms with van der Waals surface area (Å²) in [5.74, 6) is 2.11. The Kier molecular flexibility index (Phi) is 15.3. The van der Waals surface area contributed by atoms with E-state index in [0.717, 1.165) is 38.5 Å². The molecule has 0 bridgehead atoms. The lowest BCUT2D eigenvalue weighted by Crippen LogP contribution is -2.06. The molecule has 0 fully saturated rings. The Labute approximate surface area is 158 Å². The lowest BCUT2D eigenvalue weighted by atomic mass is 10.0. The zero-order valence-electron chi connectivity index (χ0n) is 17.9. The van der Waals surface area contributed by atoms with Gasteiger partial charge in [0.2, 0.25) is 0 Å². The predicted molar refractivity (Wildman–Crippen MR) is 110 cm³/mol. The van der Waals surface area contributed by atoms with Gasteiger partial charge in [-0.05, 0) is 49.9 Å². The molecule has 0 aromatic carbocycles. The van der Waals surface area contributed by atoms with E-state index in [9.17, 15) is 4.57 Å². The van der Waals surface area contributed by atoms with Gasteiger partial charge >= 0.3 is 7.60 Å². The zero-order valence-corrected chi connectivity index (χ0v) is 18.8. The summed E-state index contributed by atoms with van der Waals surface area (Å²) in [6, 6.07) is 0. The van der Waals surface area contributed by atoms with Gasteiger partial charge in [-0.15, -0.1) is 0 Å². The van der Waals surface area contributed by atoms with Crippen molar-refractivity contribution >= 4 is 7.60 Å². The third-order valence-electron chi connectivity index (χ3n) is 5.48. The molecule has 0 aromatic heterocycles. The second-order valence-corrected chi connectivity index (χ2v) is 10.2. The first-order valence-corrected chi connectivity index (χ1v) is 12.5. The molecule has 0 N–H and O–H groups in total. The first-order chi connectivity index (χ1) is 11.9. The van der Waals surface area contributed by atoms with E-state index in [2.05, 4.69) is 41.5 Å². The molecule has 0 heterocycles. The van der Waals surface area contributed by atoms with Gasteiger partial charge in [0.1, 0.15) is 0 Å². The molecule has 0 saturated carbocycles. The maximum Gasteiger partial charge on any atom is 0.330 e. The molecular weight excluding hydrogens is 331 g/mol. The molecule has 3 unspecified atom stereocenters. The van der Waals surface area contributed by atoms with E-state index >= 15 is 0 Å². The molecular formula is C21H45O3P. The van der Waals surface area contributed by atoms with Gasteiger partial charge in [-0.25, -0.2) is 0 Å². The molecule has 0 aliphatic rings. The summed E-state index contributed by atoms with van der Waals surface area (Å²) in [6.45, 7) is 14.5. The van der Waals surface area contributed by atoms with Crippen LogP contribution in [0.4, 0.5) is 0 Å². The van der Waals surface area contributed by atoms with E-state index < -0.39 is 7.60 Å². The van der Waals surface area contributed by atoms with Crippen LogP contribution in [0.5, 0.6) is 0 Å². The van der Waals surface area contributed by atoms with Gasteiger partial charge in [-0.3, -0.25) is 4.57 Å². The topological polar surface area (TPSA) is 35.5 Å². The monoisotopic (exact) mass is 376 g/mol. The molecule has 25 heavy (non-hydrogen) atoms. The fraction of sp³-hybridized carbons (Fsp3) is 1.00. The van der Waals surface area contributed by atoms with Crippen molar-refractivity contribution in [3.05, 3.63) is 0 Å². The van der Waals surface area contributed by atoms with E-state index in [-0.39, 0.29) is 0 Å². The molecule has 0 aliphatic carbocycles. The Bertz CT molecular complexity index is 324. The van der Waals surface area contributed by atoms with E-state index in [4.69, 9.17) is 9.05 Å². The average Bonchev–Trinajstić information content (AvgIpc) is 2.61. The van der Waals surface area contributed by atoms with Crippen molar-refractivity contribution in [2.75, 3.05) is 19.4 Å². The average molecular weight is 377 g/mol. The fourth-order valence-corrected chi connectivity index (χ4v) is 4.40. The number of hydrogen-bond donors (Lipinski definition) is 0. The summed E-state index contributed by atoms with van der Waals surface area (Å²) in [6.07, 6.45) is 10.4. The van der Waals surface area contributed by atoms with Gasteiger partial charge < -0.3 is 9.05 Å². The summed E-state index contributed by atoms with van der Waals surface area (Å²) in [5, 5.41) is 0. The first kappa shape index (κ1) is 25.1. The molecule has 0 rings (SSSR count). The van der Waals surface area contributed by atoms with Crippen LogP contribution in [-0.4, -0.2) is 19.4 Å². The smallest absolute Gasteiger partial charge is 0.309 e. The Hall–Kier alpha value is 0.150. The van der Waals surface area contributed by atoms with Crippen molar-refractivity contribution in [3.8, 4) is 0 Å². The van der Waals surface area contributed by atoms with Gasteiger partial charge in [0, 0.05) is 0 Å². The maximum atomic E-state index is 13.1. The maximum absolute atomic E-state index is 13.1. The molecule has 0 amide bonds. The molecule has 0 spiro atoms. The first-order valence-electron chi connectivity index (χ1n) is 10.7. The van der Waals surface area contributed by atoms with Gasteiger partial charge in [0.25, 0.3) is 0 Å². The number of hydrogen-bond acceptors (Lipinski definition) is 3. The Morgan fingerprint density at radius 2 is 1.04 bits per heavy atom. The molecule has 0 saturated heterocycles. The molecule has 3 nitrogen and oxygen atoms in total. The third kappa shape index (κ3) is 13.9. The number of rotatable bonds is 17. The second kappa shape index (κ2) is 15.2. The van der Waals surface area contributed by atoms with Crippen molar-refractivity contribution < 1.29 is 13.6 Å². The van der Waals surface area contributed by atoms with Crippen LogP contribution in [0.2, 0.25) is 0 Å². The minimum absolute atomic E-state index is 0.566. The van der Waals surface area contributed by atoms with Gasteiger partial charge in [-0.1, -0.05) is 67.2 Å². The minimum Gasteiger partial charge on any atom is -0.309 e. The summed E-state index contributed by atoms with van der Waals surface area (Å²) >= 11 is 0. The quantitative estimate of drug-likeness (QED) is 0.193. The Balaban J connectivity index is 4.30. The van der Waals surface area contributed by atoms with Crippen molar-refractivity contribution in [2.24, 2.45) is 17.8 Å². The summed E-state index contributed by atoms with van der Waals surface area (Å²) in [4.78, 5) is 0. The van der Waals surface area contributed by atoms with Gasteiger partial charge in [0.05, 0.1) is 19.4 Å². The molecule has 0 aromatic rings. The van der Waals surface area contributed by atoms with Crippen LogP contribution in [0.1, 0.15) is 99.3 Å². The van der Waals surface area contributed by atoms with Crippen LogP contribution >= 0.6 is 7.60 Å². The van der Waals surface area contributed by atoms with E-state index in [1.807, 2.05) is 0 Å². The van der Waals surface area contributed by atoms with Crippen molar-refractivity contribution in [1.82, 2.24) is 0 Å². The lowest BCUT2D eigenvalue weighted by molar-refractivity contribution is 0.192. The highest BCUT2D eigenvalue weighted by Gasteiger charge is 2.24. The van der Waals surface area contributed by atoms with Crippen molar-refractivity contribution in [3.63, 3.8) is 0 Å². The predicted octanol–water partition coefficient (Wildman–Crippen LogP) is 7.69. The van der Waals surface area contributed by atoms with E-state index in [1.54, 1.807) is 0 Å². The molecule has 3 atom stereocenters. The highest BCUT2D eigenvalue weighted by molar-refractivity contribution is 7.53. The summed E-state index contributed by atoms with van der Waals surface area (Å²) in [5.41, 5.74) is 0. The van der Waals surface area contributed by atoms with Crippen LogP contribution in [0, 0.1) is 17.8 Å². The molecule has 0 radical (unpaired) electrons. The largest absolute Gasteiger partial charge is 0.330 e. The van der Waals surface area contributed by atoms with Crippen LogP contribution in [-0.2, 0) is 13.6 Å². The zero-order chi connectivity index (χ0) is 19.1. The summed E-state index contributed by atoms with van der Waals surface area (Å²) in [7, 11) is -2.92. The normalized spacial score (nSPS) is 17.8. The van der Waals surface area contributed by atoms with E-state index in [0.29, 0.717) is 37.1 Å². The standard InChI is InChI=1S/C21H45O3P/c1-7-19(4)13-10-16-23-25(22,18-12-15-21(6)9-3)24-17-11-14-20(5)8-2/h19-21H,7-18H2,1-6H3. The van der Waals surface area contributed by atoms with Gasteiger partial charge in [-0.2, -0.15) is 0 Å². The Morgan fingerprint density at radius 1 is 0.680 bits per heavy atom. The second-order valence-electron chi connectivity index (χ2n) is 7.97. The lowest BCUT2D eigenvalue weighted by Gasteiger charge is -2.20. The van der Waals surface area contributed by atoms with E-state index in [1.165, 1.54) is 19.3 Å². The molecule has 0 aliphatic heterocycles. The highest BCUT2D eigenvalue weighted by atomic mass is 31.2. The minimum atomic E-state index is -2.92. The van der Waals surface area contributed by atoms with Gasteiger partial charge in [0.15, 0.2) is 0 Å². The summed E-state index contributed by atoms with van der Waals surface area (Å²) < 4.78 is 24.7. The van der Waals surface area contributed by atoms with Crippen molar-refractivity contribution in [1.29, 1.82) is 0 Å². The Morgan fingerprint density at radius 3 is 1.40 bits per heavy atom. The highest BCUT2D eigenvalue weighted by Crippen LogP contribution is 2.49. The van der Waals surface area contributed by atoms with Crippen molar-refractivity contribution in [2.45, 2.75) is 99.3 Å². The van der Waals surface area contributed by atoms with Crippen LogP contribution in [0.3, 0.4) is 0 Å². The SMILES string of the molecule is CCC(C)CCCOP(=O)(CCCC(C)CC)OCCCC(C)CC. The van der Waals surface area contributed by atoms with Crippen LogP contribution < -0.4 is 0 Å². The fourth-order valence-electron chi connectivity index (χ4n) is 2.68.